The molecule has 5 nitrogen and oxygen atoms in total. The van der Waals surface area contributed by atoms with Gasteiger partial charge in [-0.15, -0.1) is 0 Å². The molecule has 0 saturated heterocycles. The first-order valence-corrected chi connectivity index (χ1v) is 8.12. The van der Waals surface area contributed by atoms with Gasteiger partial charge in [0.05, 0.1) is 11.4 Å². The molecule has 2 N–H and O–H groups in total. The van der Waals surface area contributed by atoms with Crippen molar-refractivity contribution in [3.05, 3.63) is 65.7 Å². The summed E-state index contributed by atoms with van der Waals surface area (Å²) in [5.74, 6) is -0.574. The lowest BCUT2D eigenvalue weighted by Gasteiger charge is -2.21. The van der Waals surface area contributed by atoms with Crippen molar-refractivity contribution in [3.8, 4) is 0 Å². The van der Waals surface area contributed by atoms with Crippen LogP contribution in [0.3, 0.4) is 0 Å². The quantitative estimate of drug-likeness (QED) is 0.335. The van der Waals surface area contributed by atoms with Gasteiger partial charge in [0.2, 0.25) is 0 Å². The highest BCUT2D eigenvalue weighted by molar-refractivity contribution is 5.91. The van der Waals surface area contributed by atoms with Crippen LogP contribution in [-0.4, -0.2) is 31.4 Å². The maximum absolute atomic E-state index is 11.1. The highest BCUT2D eigenvalue weighted by Gasteiger charge is 2.07. The van der Waals surface area contributed by atoms with Gasteiger partial charge in [-0.05, 0) is 48.9 Å². The van der Waals surface area contributed by atoms with Crippen LogP contribution in [0, 0.1) is 0 Å². The SMILES string of the molecule is C=Nc1cc(/C=C/C(=O)NO)ccc1N(C)CCCc1ccccc1. The number of nitrogens with zero attached hydrogens (tertiary/aromatic N) is 2. The van der Waals surface area contributed by atoms with E-state index in [9.17, 15) is 4.79 Å². The molecule has 2 aromatic carbocycles. The Kier molecular flexibility index (Phi) is 6.92. The summed E-state index contributed by atoms with van der Waals surface area (Å²) in [6, 6.07) is 16.1. The van der Waals surface area contributed by atoms with E-state index in [0.717, 1.165) is 36.3 Å². The Hall–Kier alpha value is -2.92. The van der Waals surface area contributed by atoms with Crippen LogP contribution in [0.25, 0.3) is 6.08 Å². The standard InChI is InChI=1S/C20H23N3O2/c1-21-18-15-17(11-13-20(24)22-25)10-12-19(18)23(2)14-6-9-16-7-4-3-5-8-16/h3-5,7-8,10-13,15,25H,1,6,9,14H2,2H3,(H,22,24)/b13-11+. The van der Waals surface area contributed by atoms with Crippen LogP contribution in [0.5, 0.6) is 0 Å². The molecule has 0 radical (unpaired) electrons. The summed E-state index contributed by atoms with van der Waals surface area (Å²) < 4.78 is 0. The lowest BCUT2D eigenvalue weighted by Crippen LogP contribution is -2.19. The minimum absolute atomic E-state index is 0.574. The van der Waals surface area contributed by atoms with Crippen LogP contribution in [-0.2, 0) is 11.2 Å². The summed E-state index contributed by atoms with van der Waals surface area (Å²) in [7, 11) is 2.03. The van der Waals surface area contributed by atoms with Gasteiger partial charge in [-0.25, -0.2) is 5.48 Å². The lowest BCUT2D eigenvalue weighted by atomic mass is 10.1. The average molecular weight is 337 g/mol. The fourth-order valence-corrected chi connectivity index (χ4v) is 2.59. The van der Waals surface area contributed by atoms with Gasteiger partial charge in [-0.3, -0.25) is 15.0 Å². The lowest BCUT2D eigenvalue weighted by molar-refractivity contribution is -0.124. The van der Waals surface area contributed by atoms with E-state index in [1.807, 2.05) is 31.3 Å². The molecule has 0 aliphatic rings. The van der Waals surface area contributed by atoms with Gasteiger partial charge in [0.15, 0.2) is 0 Å². The van der Waals surface area contributed by atoms with Crippen LogP contribution in [0.1, 0.15) is 17.5 Å². The molecule has 0 fully saturated rings. The van der Waals surface area contributed by atoms with E-state index in [2.05, 4.69) is 40.9 Å². The topological polar surface area (TPSA) is 64.9 Å². The number of hydroxylamine groups is 1. The van der Waals surface area contributed by atoms with Crippen molar-refractivity contribution in [2.45, 2.75) is 12.8 Å². The van der Waals surface area contributed by atoms with E-state index < -0.39 is 5.91 Å². The van der Waals surface area contributed by atoms with Crippen molar-refractivity contribution in [2.24, 2.45) is 4.99 Å². The monoisotopic (exact) mass is 337 g/mol. The third-order valence-corrected chi connectivity index (χ3v) is 3.92. The Morgan fingerprint density at radius 2 is 2.04 bits per heavy atom. The Morgan fingerprint density at radius 3 is 2.72 bits per heavy atom. The first-order chi connectivity index (χ1) is 12.1. The average Bonchev–Trinajstić information content (AvgIpc) is 2.66. The summed E-state index contributed by atoms with van der Waals surface area (Å²) in [5.41, 5.74) is 5.46. The molecule has 0 spiro atoms. The van der Waals surface area contributed by atoms with Gasteiger partial charge >= 0.3 is 0 Å². The van der Waals surface area contributed by atoms with Crippen molar-refractivity contribution in [3.63, 3.8) is 0 Å². The Balaban J connectivity index is 2.01. The highest BCUT2D eigenvalue weighted by atomic mass is 16.5. The zero-order valence-corrected chi connectivity index (χ0v) is 14.4. The van der Waals surface area contributed by atoms with Crippen molar-refractivity contribution < 1.29 is 10.0 Å². The Labute approximate surface area is 148 Å². The summed E-state index contributed by atoms with van der Waals surface area (Å²) in [4.78, 5) is 17.3. The van der Waals surface area contributed by atoms with E-state index >= 15 is 0 Å². The number of hydrogen-bond donors (Lipinski definition) is 2. The zero-order chi connectivity index (χ0) is 18.1. The summed E-state index contributed by atoms with van der Waals surface area (Å²) in [6.07, 6.45) is 4.93. The van der Waals surface area contributed by atoms with E-state index in [-0.39, 0.29) is 0 Å². The molecule has 2 aromatic rings. The molecule has 25 heavy (non-hydrogen) atoms. The predicted octanol–water partition coefficient (Wildman–Crippen LogP) is 3.61. The van der Waals surface area contributed by atoms with Gasteiger partial charge in [-0.1, -0.05) is 36.4 Å². The second kappa shape index (κ2) is 9.39. The maximum atomic E-state index is 11.1. The van der Waals surface area contributed by atoms with E-state index in [1.54, 1.807) is 11.6 Å². The molecular formula is C20H23N3O2. The Morgan fingerprint density at radius 1 is 1.28 bits per heavy atom. The molecule has 5 heteroatoms. The zero-order valence-electron chi connectivity index (χ0n) is 14.4. The number of aliphatic imine (C=N–C) groups is 1. The highest BCUT2D eigenvalue weighted by Crippen LogP contribution is 2.29. The van der Waals surface area contributed by atoms with Gasteiger partial charge in [-0.2, -0.15) is 0 Å². The molecule has 0 atom stereocenters. The fraction of sp³-hybridized carbons (Fsp3) is 0.200. The summed E-state index contributed by atoms with van der Waals surface area (Å²) >= 11 is 0. The third-order valence-electron chi connectivity index (χ3n) is 3.92. The number of carbonyl (C=O) groups is 1. The summed E-state index contributed by atoms with van der Waals surface area (Å²) in [5, 5.41) is 8.51. The smallest absolute Gasteiger partial charge is 0.267 e. The molecule has 0 heterocycles. The van der Waals surface area contributed by atoms with Crippen LogP contribution in [0.15, 0.2) is 59.6 Å². The number of anilines is 1. The number of hydrogen-bond acceptors (Lipinski definition) is 4. The molecule has 0 aliphatic heterocycles. The van der Waals surface area contributed by atoms with Crippen molar-refractivity contribution in [2.75, 3.05) is 18.5 Å². The summed E-state index contributed by atoms with van der Waals surface area (Å²) in [6.45, 7) is 4.54. The Bertz CT molecular complexity index is 742. The molecule has 2 rings (SSSR count). The molecule has 130 valence electrons. The van der Waals surface area contributed by atoms with Crippen molar-refractivity contribution >= 4 is 30.1 Å². The van der Waals surface area contributed by atoms with Gasteiger partial charge < -0.3 is 4.90 Å². The second-order valence-corrected chi connectivity index (χ2v) is 5.73. The molecule has 0 bridgehead atoms. The van der Waals surface area contributed by atoms with Crippen molar-refractivity contribution in [1.29, 1.82) is 0 Å². The molecule has 0 aliphatic carbocycles. The van der Waals surface area contributed by atoms with E-state index in [0.29, 0.717) is 0 Å². The van der Waals surface area contributed by atoms with Crippen LogP contribution < -0.4 is 10.4 Å². The number of carbonyl (C=O) groups excluding carboxylic acids is 1. The first kappa shape index (κ1) is 18.4. The molecular weight excluding hydrogens is 314 g/mol. The van der Waals surface area contributed by atoms with Crippen molar-refractivity contribution in [1.82, 2.24) is 5.48 Å². The largest absolute Gasteiger partial charge is 0.373 e. The molecule has 0 saturated carbocycles. The normalized spacial score (nSPS) is 10.6. The van der Waals surface area contributed by atoms with Crippen LogP contribution >= 0.6 is 0 Å². The predicted molar refractivity (Wildman–Crippen MR) is 103 cm³/mol. The number of aryl methyl sites for hydroxylation is 1. The number of rotatable bonds is 8. The van der Waals surface area contributed by atoms with Gasteiger partial charge in [0.25, 0.3) is 5.91 Å². The first-order valence-electron chi connectivity index (χ1n) is 8.12. The van der Waals surface area contributed by atoms with Crippen LogP contribution in [0.2, 0.25) is 0 Å². The number of amides is 1. The van der Waals surface area contributed by atoms with Gasteiger partial charge in [0.1, 0.15) is 0 Å². The van der Waals surface area contributed by atoms with Gasteiger partial charge in [0, 0.05) is 19.7 Å². The number of nitrogens with one attached hydrogen (secondary N) is 1. The molecule has 0 unspecified atom stereocenters. The van der Waals surface area contributed by atoms with Crippen LogP contribution in [0.4, 0.5) is 11.4 Å². The second-order valence-electron chi connectivity index (χ2n) is 5.73. The minimum atomic E-state index is -0.574. The third kappa shape index (κ3) is 5.58. The molecule has 0 aromatic heterocycles. The maximum Gasteiger partial charge on any atom is 0.267 e. The minimum Gasteiger partial charge on any atom is -0.373 e. The van der Waals surface area contributed by atoms with E-state index in [4.69, 9.17) is 5.21 Å². The number of benzene rings is 2. The van der Waals surface area contributed by atoms with E-state index in [1.165, 1.54) is 11.6 Å². The molecule has 1 amide bonds. The fourth-order valence-electron chi connectivity index (χ4n) is 2.59.